The van der Waals surface area contributed by atoms with Crippen LogP contribution in [0.25, 0.3) is 0 Å². The second kappa shape index (κ2) is 6.00. The first kappa shape index (κ1) is 16.6. The fraction of sp³-hybridized carbons (Fsp3) is 0.350. The summed E-state index contributed by atoms with van der Waals surface area (Å²) in [7, 11) is 0. The van der Waals surface area contributed by atoms with Crippen LogP contribution in [0.15, 0.2) is 48.5 Å². The lowest BCUT2D eigenvalue weighted by molar-refractivity contribution is 0.0355. The van der Waals surface area contributed by atoms with E-state index in [9.17, 15) is 13.6 Å². The van der Waals surface area contributed by atoms with Crippen LogP contribution >= 0.6 is 0 Å². The highest BCUT2D eigenvalue weighted by Gasteiger charge is 2.49. The maximum atomic E-state index is 13.6. The van der Waals surface area contributed by atoms with Gasteiger partial charge in [-0.25, -0.2) is 8.78 Å². The summed E-state index contributed by atoms with van der Waals surface area (Å²) in [6, 6.07) is 14.4. The lowest BCUT2D eigenvalue weighted by Gasteiger charge is -2.29. The number of nitrogens with one attached hydrogen (secondary N) is 1. The van der Waals surface area contributed by atoms with Crippen LogP contribution in [0.4, 0.5) is 14.5 Å². The van der Waals surface area contributed by atoms with Gasteiger partial charge in [-0.1, -0.05) is 51.1 Å². The Kier molecular flexibility index (Phi) is 4.16. The highest BCUT2D eigenvalue weighted by Crippen LogP contribution is 2.54. The summed E-state index contributed by atoms with van der Waals surface area (Å²) in [6.07, 6.45) is -2.40. The number of rotatable bonds is 3. The molecule has 0 aromatic heterocycles. The van der Waals surface area contributed by atoms with Gasteiger partial charge in [-0.05, 0) is 40.7 Å². The molecule has 2 aromatic carbocycles. The van der Waals surface area contributed by atoms with Crippen LogP contribution in [0.2, 0.25) is 0 Å². The minimum atomic E-state index is -2.40. The molecule has 2 nitrogen and oxygen atoms in total. The Balaban J connectivity index is 2.00. The molecule has 0 heterocycles. The number of hydrogen-bond donors (Lipinski definition) is 1. The fourth-order valence-corrected chi connectivity index (χ4v) is 4.03. The summed E-state index contributed by atoms with van der Waals surface area (Å²) < 4.78 is 27.2. The van der Waals surface area contributed by atoms with Crippen molar-refractivity contribution in [3.05, 3.63) is 65.2 Å². The van der Waals surface area contributed by atoms with Crippen LogP contribution in [-0.4, -0.2) is 12.3 Å². The lowest BCUT2D eigenvalue weighted by Crippen LogP contribution is -2.31. The number of alkyl halides is 2. The van der Waals surface area contributed by atoms with Crippen molar-refractivity contribution in [2.45, 2.75) is 38.5 Å². The third kappa shape index (κ3) is 2.60. The number of carbonyl (C=O) groups is 1. The first-order valence-electron chi connectivity index (χ1n) is 8.12. The predicted molar refractivity (Wildman–Crippen MR) is 91.8 cm³/mol. The van der Waals surface area contributed by atoms with Crippen LogP contribution in [0, 0.1) is 5.92 Å². The third-order valence-corrected chi connectivity index (χ3v) is 5.18. The van der Waals surface area contributed by atoms with Crippen molar-refractivity contribution in [1.29, 1.82) is 0 Å². The largest absolute Gasteiger partial charge is 0.322 e. The number of fused-ring (bicyclic) bond motifs is 1. The summed E-state index contributed by atoms with van der Waals surface area (Å²) in [5.41, 5.74) is 2.27. The number of halogens is 2. The molecule has 1 amide bonds. The van der Waals surface area contributed by atoms with Gasteiger partial charge in [-0.2, -0.15) is 0 Å². The average Bonchev–Trinajstić information content (AvgIpc) is 2.75. The Bertz CT molecular complexity index is 755. The Morgan fingerprint density at radius 3 is 2.38 bits per heavy atom. The standard InChI is InChI=1S/C20H21F2NO/c1-12-16-14(20(2,3)17(12)18(21)22)10-7-11-15(16)23-19(24)13-8-5-4-6-9-13/h4-12,17-18H,1-3H3,(H,23,24). The molecule has 1 aliphatic rings. The molecule has 2 unspecified atom stereocenters. The normalized spacial score (nSPS) is 21.6. The summed E-state index contributed by atoms with van der Waals surface area (Å²) in [6.45, 7) is 5.53. The van der Waals surface area contributed by atoms with E-state index in [1.165, 1.54) is 0 Å². The number of anilines is 1. The van der Waals surface area contributed by atoms with E-state index in [0.717, 1.165) is 11.1 Å². The van der Waals surface area contributed by atoms with E-state index in [0.29, 0.717) is 11.3 Å². The van der Waals surface area contributed by atoms with Gasteiger partial charge in [0.1, 0.15) is 0 Å². The monoisotopic (exact) mass is 329 g/mol. The van der Waals surface area contributed by atoms with E-state index in [1.54, 1.807) is 30.3 Å². The Morgan fingerprint density at radius 1 is 1.08 bits per heavy atom. The first-order chi connectivity index (χ1) is 11.3. The molecular formula is C20H21F2NO. The fourth-order valence-electron chi connectivity index (χ4n) is 4.03. The van der Waals surface area contributed by atoms with E-state index >= 15 is 0 Å². The minimum absolute atomic E-state index is 0.227. The second-order valence-electron chi connectivity index (χ2n) is 6.96. The molecule has 0 saturated carbocycles. The lowest BCUT2D eigenvalue weighted by atomic mass is 9.76. The highest BCUT2D eigenvalue weighted by atomic mass is 19.3. The number of carbonyl (C=O) groups excluding carboxylic acids is 1. The molecule has 1 aliphatic carbocycles. The van der Waals surface area contributed by atoms with Gasteiger partial charge >= 0.3 is 0 Å². The first-order valence-corrected chi connectivity index (χ1v) is 8.12. The van der Waals surface area contributed by atoms with Crippen molar-refractivity contribution >= 4 is 11.6 Å². The van der Waals surface area contributed by atoms with Gasteiger partial charge in [-0.15, -0.1) is 0 Å². The molecule has 4 heteroatoms. The molecule has 2 aromatic rings. The van der Waals surface area contributed by atoms with Gasteiger partial charge in [0.2, 0.25) is 6.43 Å². The highest BCUT2D eigenvalue weighted by molar-refractivity contribution is 6.04. The summed E-state index contributed by atoms with van der Waals surface area (Å²) in [5, 5.41) is 2.90. The van der Waals surface area contributed by atoms with Gasteiger partial charge in [0.25, 0.3) is 5.91 Å². The number of benzene rings is 2. The molecular weight excluding hydrogens is 308 g/mol. The minimum Gasteiger partial charge on any atom is -0.322 e. The summed E-state index contributed by atoms with van der Waals surface area (Å²) in [5.74, 6) is -1.31. The molecule has 24 heavy (non-hydrogen) atoms. The zero-order valence-corrected chi connectivity index (χ0v) is 14.0. The van der Waals surface area contributed by atoms with E-state index in [-0.39, 0.29) is 11.8 Å². The van der Waals surface area contributed by atoms with Gasteiger partial charge in [0, 0.05) is 17.2 Å². The zero-order chi connectivity index (χ0) is 17.5. The van der Waals surface area contributed by atoms with Gasteiger partial charge in [0.05, 0.1) is 0 Å². The zero-order valence-electron chi connectivity index (χ0n) is 14.0. The van der Waals surface area contributed by atoms with Crippen LogP contribution in [0.5, 0.6) is 0 Å². The number of amides is 1. The van der Waals surface area contributed by atoms with Gasteiger partial charge in [-0.3, -0.25) is 4.79 Å². The van der Waals surface area contributed by atoms with E-state index in [2.05, 4.69) is 5.32 Å². The maximum absolute atomic E-state index is 13.6. The van der Waals surface area contributed by atoms with Crippen LogP contribution < -0.4 is 5.32 Å². The molecule has 0 bridgehead atoms. The molecule has 1 N–H and O–H groups in total. The van der Waals surface area contributed by atoms with Crippen molar-refractivity contribution in [2.24, 2.45) is 5.92 Å². The summed E-state index contributed by atoms with van der Waals surface area (Å²) in [4.78, 5) is 12.4. The van der Waals surface area contributed by atoms with E-state index in [1.807, 2.05) is 39.0 Å². The second-order valence-corrected chi connectivity index (χ2v) is 6.96. The van der Waals surface area contributed by atoms with E-state index < -0.39 is 17.8 Å². The van der Waals surface area contributed by atoms with Gasteiger partial charge < -0.3 is 5.32 Å². The van der Waals surface area contributed by atoms with Crippen molar-refractivity contribution in [3.8, 4) is 0 Å². The Hall–Kier alpha value is -2.23. The average molecular weight is 329 g/mol. The van der Waals surface area contributed by atoms with Crippen LogP contribution in [0.3, 0.4) is 0 Å². The predicted octanol–water partition coefficient (Wildman–Crippen LogP) is 5.21. The van der Waals surface area contributed by atoms with Gasteiger partial charge in [0.15, 0.2) is 0 Å². The third-order valence-electron chi connectivity index (χ3n) is 5.18. The quantitative estimate of drug-likeness (QED) is 0.822. The van der Waals surface area contributed by atoms with Crippen LogP contribution in [0.1, 0.15) is 48.2 Å². The Labute approximate surface area is 140 Å². The molecule has 126 valence electrons. The van der Waals surface area contributed by atoms with Crippen molar-refractivity contribution in [1.82, 2.24) is 0 Å². The molecule has 0 radical (unpaired) electrons. The SMILES string of the molecule is CC1c2c(NC(=O)c3ccccc3)cccc2C(C)(C)C1C(F)F. The Morgan fingerprint density at radius 2 is 1.75 bits per heavy atom. The molecule has 0 spiro atoms. The molecule has 0 saturated heterocycles. The molecule has 2 atom stereocenters. The van der Waals surface area contributed by atoms with E-state index in [4.69, 9.17) is 0 Å². The smallest absolute Gasteiger partial charge is 0.255 e. The van der Waals surface area contributed by atoms with Crippen LogP contribution in [-0.2, 0) is 5.41 Å². The number of hydrogen-bond acceptors (Lipinski definition) is 1. The van der Waals surface area contributed by atoms with Crippen molar-refractivity contribution in [3.63, 3.8) is 0 Å². The topological polar surface area (TPSA) is 29.1 Å². The van der Waals surface area contributed by atoms with Crippen molar-refractivity contribution in [2.75, 3.05) is 5.32 Å². The molecule has 3 rings (SSSR count). The van der Waals surface area contributed by atoms with Crippen molar-refractivity contribution < 1.29 is 13.6 Å². The molecule has 0 aliphatic heterocycles. The maximum Gasteiger partial charge on any atom is 0.255 e. The molecule has 0 fully saturated rings. The summed E-state index contributed by atoms with van der Waals surface area (Å²) >= 11 is 0.